The van der Waals surface area contributed by atoms with Crippen LogP contribution in [0.25, 0.3) is 0 Å². The van der Waals surface area contributed by atoms with E-state index < -0.39 is 34.4 Å². The molecule has 2 aromatic carbocycles. The molecule has 0 saturated heterocycles. The van der Waals surface area contributed by atoms with Crippen molar-refractivity contribution in [1.82, 2.24) is 14.5 Å². The van der Waals surface area contributed by atoms with Crippen LogP contribution in [-0.4, -0.2) is 54.0 Å². The quantitative estimate of drug-likeness (QED) is 0.637. The molecule has 9 heteroatoms. The number of benzene rings is 2. The molecule has 3 rings (SSSR count). The molecule has 0 bridgehead atoms. The Kier molecular flexibility index (Phi) is 7.22. The van der Waals surface area contributed by atoms with Crippen LogP contribution in [0.2, 0.25) is 0 Å². The molecule has 0 saturated carbocycles. The average molecular weight is 472 g/mol. The lowest BCUT2D eigenvalue weighted by molar-refractivity contribution is -0.140. The van der Waals surface area contributed by atoms with E-state index in [9.17, 15) is 22.8 Å². The molecule has 33 heavy (non-hydrogen) atoms. The van der Waals surface area contributed by atoms with Crippen molar-refractivity contribution in [3.8, 4) is 0 Å². The van der Waals surface area contributed by atoms with Gasteiger partial charge < -0.3 is 10.2 Å². The summed E-state index contributed by atoms with van der Waals surface area (Å²) in [5.74, 6) is -1.72. The van der Waals surface area contributed by atoms with Gasteiger partial charge in [-0.15, -0.1) is 0 Å². The zero-order valence-electron chi connectivity index (χ0n) is 19.2. The molecule has 0 fully saturated rings. The van der Waals surface area contributed by atoms with Crippen LogP contribution in [-0.2, 0) is 26.2 Å². The molecule has 0 spiro atoms. The van der Waals surface area contributed by atoms with Gasteiger partial charge in [-0.3, -0.25) is 14.4 Å². The monoisotopic (exact) mass is 471 g/mol. The highest BCUT2D eigenvalue weighted by atomic mass is 32.2. The number of carbonyl (C=O) groups excluding carboxylic acids is 3. The molecule has 0 aromatic heterocycles. The maximum Gasteiger partial charge on any atom is 0.269 e. The number of nitrogens with one attached hydrogen (secondary N) is 1. The number of fused-ring (bicyclic) bond motifs is 1. The molecule has 8 nitrogen and oxygen atoms in total. The first-order valence-electron chi connectivity index (χ1n) is 10.9. The van der Waals surface area contributed by atoms with E-state index in [-0.39, 0.29) is 29.0 Å². The fourth-order valence-corrected chi connectivity index (χ4v) is 5.17. The van der Waals surface area contributed by atoms with Crippen molar-refractivity contribution < 1.29 is 22.8 Å². The van der Waals surface area contributed by atoms with Gasteiger partial charge in [-0.1, -0.05) is 48.9 Å². The summed E-state index contributed by atoms with van der Waals surface area (Å²) in [6.07, 6.45) is 0.725. The van der Waals surface area contributed by atoms with Gasteiger partial charge >= 0.3 is 0 Å². The fraction of sp³-hybridized carbons (Fsp3) is 0.375. The van der Waals surface area contributed by atoms with Crippen molar-refractivity contribution in [3.05, 3.63) is 65.2 Å². The predicted molar refractivity (Wildman–Crippen MR) is 124 cm³/mol. The van der Waals surface area contributed by atoms with E-state index in [0.717, 1.165) is 17.5 Å². The maximum absolute atomic E-state index is 13.4. The second kappa shape index (κ2) is 9.74. The Morgan fingerprint density at radius 1 is 1.09 bits per heavy atom. The number of carbonyl (C=O) groups is 3. The Morgan fingerprint density at radius 2 is 1.79 bits per heavy atom. The second-order valence-electron chi connectivity index (χ2n) is 8.32. The summed E-state index contributed by atoms with van der Waals surface area (Å²) in [6, 6.07) is 12.4. The first kappa shape index (κ1) is 24.4. The molecular formula is C24H29N3O5S. The molecular weight excluding hydrogens is 442 g/mol. The minimum absolute atomic E-state index is 0.0399. The van der Waals surface area contributed by atoms with Crippen LogP contribution >= 0.6 is 0 Å². The first-order valence-corrected chi connectivity index (χ1v) is 12.3. The number of nitrogens with zero attached hydrogens (tertiary/aromatic N) is 2. The summed E-state index contributed by atoms with van der Waals surface area (Å²) < 4.78 is 26.4. The fourth-order valence-electron chi connectivity index (χ4n) is 3.66. The number of hydrogen-bond donors (Lipinski definition) is 1. The minimum atomic E-state index is -4.14. The van der Waals surface area contributed by atoms with Gasteiger partial charge in [-0.2, -0.15) is 0 Å². The van der Waals surface area contributed by atoms with E-state index in [1.165, 1.54) is 23.1 Å². The third-order valence-corrected chi connectivity index (χ3v) is 7.58. The SMILES string of the molecule is CCC(C)NC(=O)C(C)N(Cc1cccc(C)c1)C(=O)CN1C(=O)c2ccccc2S1(=O)=O. The van der Waals surface area contributed by atoms with Crippen molar-refractivity contribution in [2.75, 3.05) is 6.54 Å². The zero-order valence-corrected chi connectivity index (χ0v) is 20.1. The first-order chi connectivity index (χ1) is 15.6. The lowest BCUT2D eigenvalue weighted by Gasteiger charge is -2.31. The van der Waals surface area contributed by atoms with Gasteiger partial charge in [0.2, 0.25) is 11.8 Å². The molecule has 1 N–H and O–H groups in total. The molecule has 2 unspecified atom stereocenters. The van der Waals surface area contributed by atoms with E-state index in [0.29, 0.717) is 4.31 Å². The van der Waals surface area contributed by atoms with E-state index in [1.54, 1.807) is 13.0 Å². The molecule has 2 atom stereocenters. The predicted octanol–water partition coefficient (Wildman–Crippen LogP) is 2.47. The Balaban J connectivity index is 1.89. The van der Waals surface area contributed by atoms with Gasteiger partial charge in [-0.25, -0.2) is 12.7 Å². The van der Waals surface area contributed by atoms with Crippen molar-refractivity contribution in [1.29, 1.82) is 0 Å². The van der Waals surface area contributed by atoms with Crippen molar-refractivity contribution >= 4 is 27.7 Å². The topological polar surface area (TPSA) is 104 Å². The van der Waals surface area contributed by atoms with Crippen LogP contribution in [0, 0.1) is 6.92 Å². The molecule has 1 heterocycles. The van der Waals surface area contributed by atoms with E-state index in [1.807, 2.05) is 45.0 Å². The largest absolute Gasteiger partial charge is 0.352 e. The van der Waals surface area contributed by atoms with Crippen molar-refractivity contribution in [2.45, 2.75) is 57.6 Å². The molecule has 2 aromatic rings. The minimum Gasteiger partial charge on any atom is -0.352 e. The Bertz CT molecular complexity index is 1180. The lowest BCUT2D eigenvalue weighted by atomic mass is 10.1. The van der Waals surface area contributed by atoms with Gasteiger partial charge in [0.15, 0.2) is 0 Å². The van der Waals surface area contributed by atoms with Crippen LogP contribution in [0.15, 0.2) is 53.4 Å². The molecule has 1 aliphatic rings. The Labute approximate surface area is 194 Å². The maximum atomic E-state index is 13.4. The van der Waals surface area contributed by atoms with Gasteiger partial charge in [-0.05, 0) is 44.9 Å². The Hall–Kier alpha value is -3.20. The van der Waals surface area contributed by atoms with Crippen LogP contribution in [0.4, 0.5) is 0 Å². The van der Waals surface area contributed by atoms with Gasteiger partial charge in [0.25, 0.3) is 15.9 Å². The smallest absolute Gasteiger partial charge is 0.269 e. The number of rotatable bonds is 8. The van der Waals surface area contributed by atoms with Crippen molar-refractivity contribution in [3.63, 3.8) is 0 Å². The second-order valence-corrected chi connectivity index (χ2v) is 10.1. The van der Waals surface area contributed by atoms with Crippen LogP contribution < -0.4 is 5.32 Å². The average Bonchev–Trinajstić information content (AvgIpc) is 2.97. The Morgan fingerprint density at radius 3 is 2.42 bits per heavy atom. The number of amides is 3. The summed E-state index contributed by atoms with van der Waals surface area (Å²) in [6.45, 7) is 6.74. The van der Waals surface area contributed by atoms with Gasteiger partial charge in [0, 0.05) is 12.6 Å². The summed E-state index contributed by atoms with van der Waals surface area (Å²) in [4.78, 5) is 40.1. The third-order valence-electron chi connectivity index (χ3n) is 5.79. The van der Waals surface area contributed by atoms with Crippen LogP contribution in [0.3, 0.4) is 0 Å². The number of hydrogen-bond acceptors (Lipinski definition) is 5. The normalized spacial score (nSPS) is 16.1. The molecule has 0 aliphatic carbocycles. The molecule has 3 amide bonds. The third kappa shape index (κ3) is 5.08. The summed E-state index contributed by atoms with van der Waals surface area (Å²) in [5.41, 5.74) is 1.83. The van der Waals surface area contributed by atoms with Gasteiger partial charge in [0.1, 0.15) is 17.5 Å². The van der Waals surface area contributed by atoms with Crippen LogP contribution in [0.5, 0.6) is 0 Å². The standard InChI is InChI=1S/C24H29N3O5S/c1-5-17(3)25-23(29)18(4)26(14-19-10-8-9-16(2)13-19)22(28)15-27-24(30)20-11-6-7-12-21(20)33(27,31)32/h6-13,17-18H,5,14-15H2,1-4H3,(H,25,29). The van der Waals surface area contributed by atoms with E-state index in [4.69, 9.17) is 0 Å². The summed E-state index contributed by atoms with van der Waals surface area (Å²) >= 11 is 0. The van der Waals surface area contributed by atoms with Crippen molar-refractivity contribution in [2.24, 2.45) is 0 Å². The van der Waals surface area contributed by atoms with Gasteiger partial charge in [0.05, 0.1) is 5.56 Å². The lowest BCUT2D eigenvalue weighted by Crippen LogP contribution is -2.52. The number of sulfonamides is 1. The van der Waals surface area contributed by atoms with Crippen LogP contribution in [0.1, 0.15) is 48.7 Å². The summed E-state index contributed by atoms with van der Waals surface area (Å²) in [7, 11) is -4.14. The van der Waals surface area contributed by atoms with E-state index >= 15 is 0 Å². The molecule has 0 radical (unpaired) electrons. The van der Waals surface area contributed by atoms with E-state index in [2.05, 4.69) is 5.32 Å². The zero-order chi connectivity index (χ0) is 24.3. The summed E-state index contributed by atoms with van der Waals surface area (Å²) in [5, 5.41) is 2.86. The number of aryl methyl sites for hydroxylation is 1. The highest BCUT2D eigenvalue weighted by Crippen LogP contribution is 2.30. The molecule has 176 valence electrons. The molecule has 1 aliphatic heterocycles. The highest BCUT2D eigenvalue weighted by molar-refractivity contribution is 7.90. The highest BCUT2D eigenvalue weighted by Gasteiger charge is 2.43.